The van der Waals surface area contributed by atoms with Crippen LogP contribution in [0.2, 0.25) is 0 Å². The first kappa shape index (κ1) is 10.6. The van der Waals surface area contributed by atoms with Gasteiger partial charge in [-0.25, -0.2) is 0 Å². The van der Waals surface area contributed by atoms with E-state index in [1.807, 2.05) is 11.8 Å². The van der Waals surface area contributed by atoms with Crippen molar-refractivity contribution < 1.29 is 4.74 Å². The van der Waals surface area contributed by atoms with Gasteiger partial charge in [0.25, 0.3) is 0 Å². The van der Waals surface area contributed by atoms with Gasteiger partial charge in [-0.2, -0.15) is 0 Å². The van der Waals surface area contributed by atoms with Crippen molar-refractivity contribution in [3.05, 3.63) is 29.8 Å². The number of thioether (sulfide) groups is 1. The van der Waals surface area contributed by atoms with E-state index in [-0.39, 0.29) is 6.04 Å². The van der Waals surface area contributed by atoms with Gasteiger partial charge in [-0.1, -0.05) is 18.2 Å². The summed E-state index contributed by atoms with van der Waals surface area (Å²) in [7, 11) is 0. The van der Waals surface area contributed by atoms with Crippen LogP contribution in [-0.4, -0.2) is 24.5 Å². The molecule has 2 heterocycles. The number of nitrogens with two attached hydrogens (primary N) is 1. The molecule has 2 nitrogen and oxygen atoms in total. The van der Waals surface area contributed by atoms with Crippen LogP contribution >= 0.6 is 11.8 Å². The summed E-state index contributed by atoms with van der Waals surface area (Å²) >= 11 is 1.95. The Morgan fingerprint density at radius 2 is 2.25 bits per heavy atom. The molecule has 2 N–H and O–H groups in total. The lowest BCUT2D eigenvalue weighted by Crippen LogP contribution is -2.39. The van der Waals surface area contributed by atoms with E-state index in [0.29, 0.717) is 11.2 Å². The average Bonchev–Trinajstić information content (AvgIpc) is 2.97. The molecule has 3 unspecified atom stereocenters. The molecule has 0 aromatic heterocycles. The van der Waals surface area contributed by atoms with Crippen molar-refractivity contribution in [1.82, 2.24) is 0 Å². The third-order valence-corrected chi connectivity index (χ3v) is 5.05. The van der Waals surface area contributed by atoms with Crippen LogP contribution in [0, 0.1) is 5.92 Å². The zero-order valence-corrected chi connectivity index (χ0v) is 10.1. The SMILES string of the molecule is NC(C1CCOC1)C1Cc2ccccc2S1. The predicted molar refractivity (Wildman–Crippen MR) is 66.7 cm³/mol. The molecule has 16 heavy (non-hydrogen) atoms. The minimum atomic E-state index is 0.278. The number of hydrogen-bond donors (Lipinski definition) is 1. The van der Waals surface area contributed by atoms with Crippen molar-refractivity contribution in [3.8, 4) is 0 Å². The molecule has 3 rings (SSSR count). The highest BCUT2D eigenvalue weighted by Gasteiger charge is 2.33. The molecule has 2 aliphatic heterocycles. The van der Waals surface area contributed by atoms with Crippen LogP contribution < -0.4 is 5.73 Å². The van der Waals surface area contributed by atoms with E-state index in [1.165, 1.54) is 10.5 Å². The van der Waals surface area contributed by atoms with E-state index in [0.717, 1.165) is 26.1 Å². The number of hydrogen-bond acceptors (Lipinski definition) is 3. The third kappa shape index (κ3) is 1.88. The standard InChI is InChI=1S/C13H17NOS/c14-13(10-5-6-15-8-10)12-7-9-3-1-2-4-11(9)16-12/h1-4,10,12-13H,5-8,14H2. The highest BCUT2D eigenvalue weighted by Crippen LogP contribution is 2.40. The maximum Gasteiger partial charge on any atom is 0.0510 e. The molecule has 86 valence electrons. The summed E-state index contributed by atoms with van der Waals surface area (Å²) in [5.74, 6) is 0.562. The summed E-state index contributed by atoms with van der Waals surface area (Å²) < 4.78 is 5.43. The minimum Gasteiger partial charge on any atom is -0.381 e. The molecule has 1 aromatic carbocycles. The van der Waals surface area contributed by atoms with Crippen LogP contribution in [0.1, 0.15) is 12.0 Å². The van der Waals surface area contributed by atoms with E-state index >= 15 is 0 Å². The lowest BCUT2D eigenvalue weighted by atomic mass is 9.94. The van der Waals surface area contributed by atoms with Gasteiger partial charge in [0.1, 0.15) is 0 Å². The fourth-order valence-electron chi connectivity index (χ4n) is 2.58. The van der Waals surface area contributed by atoms with Crippen LogP contribution in [-0.2, 0) is 11.2 Å². The monoisotopic (exact) mass is 235 g/mol. The summed E-state index contributed by atoms with van der Waals surface area (Å²) in [6.45, 7) is 1.75. The highest BCUT2D eigenvalue weighted by atomic mass is 32.2. The summed E-state index contributed by atoms with van der Waals surface area (Å²) in [5, 5.41) is 0.545. The average molecular weight is 235 g/mol. The first-order chi connectivity index (χ1) is 7.84. The molecule has 0 spiro atoms. The molecule has 2 aliphatic rings. The quantitative estimate of drug-likeness (QED) is 0.852. The molecular weight excluding hydrogens is 218 g/mol. The van der Waals surface area contributed by atoms with Crippen molar-refractivity contribution in [2.24, 2.45) is 11.7 Å². The summed E-state index contributed by atoms with van der Waals surface area (Å²) in [6.07, 6.45) is 2.26. The maximum absolute atomic E-state index is 6.36. The Bertz CT molecular complexity index is 351. The Hall–Kier alpha value is -0.510. The van der Waals surface area contributed by atoms with Gasteiger partial charge in [0.2, 0.25) is 0 Å². The second-order valence-electron chi connectivity index (χ2n) is 4.67. The van der Waals surface area contributed by atoms with Gasteiger partial charge in [0.05, 0.1) is 6.61 Å². The number of ether oxygens (including phenoxy) is 1. The van der Waals surface area contributed by atoms with E-state index in [9.17, 15) is 0 Å². The molecule has 1 saturated heterocycles. The number of rotatable bonds is 2. The Balaban J connectivity index is 1.70. The first-order valence-corrected chi connectivity index (χ1v) is 6.80. The van der Waals surface area contributed by atoms with Crippen molar-refractivity contribution in [2.75, 3.05) is 13.2 Å². The fourth-order valence-corrected chi connectivity index (χ4v) is 4.01. The molecular formula is C13H17NOS. The van der Waals surface area contributed by atoms with Crippen molar-refractivity contribution in [1.29, 1.82) is 0 Å². The summed E-state index contributed by atoms with van der Waals surface area (Å²) in [6, 6.07) is 8.93. The van der Waals surface area contributed by atoms with E-state index in [4.69, 9.17) is 10.5 Å². The Morgan fingerprint density at radius 3 is 3.00 bits per heavy atom. The Labute approximate surface area is 101 Å². The van der Waals surface area contributed by atoms with Crippen LogP contribution in [0.3, 0.4) is 0 Å². The van der Waals surface area contributed by atoms with Gasteiger partial charge in [-0.3, -0.25) is 0 Å². The molecule has 0 amide bonds. The zero-order chi connectivity index (χ0) is 11.0. The van der Waals surface area contributed by atoms with Gasteiger partial charge >= 0.3 is 0 Å². The van der Waals surface area contributed by atoms with Crippen LogP contribution in [0.5, 0.6) is 0 Å². The smallest absolute Gasteiger partial charge is 0.0510 e. The molecule has 0 saturated carbocycles. The van der Waals surface area contributed by atoms with Gasteiger partial charge < -0.3 is 10.5 Å². The second kappa shape index (κ2) is 4.40. The predicted octanol–water partition coefficient (Wildman–Crippen LogP) is 2.07. The number of benzene rings is 1. The molecule has 0 bridgehead atoms. The van der Waals surface area contributed by atoms with Crippen LogP contribution in [0.25, 0.3) is 0 Å². The normalized spacial score (nSPS) is 30.3. The maximum atomic E-state index is 6.36. The van der Waals surface area contributed by atoms with Crippen LogP contribution in [0.4, 0.5) is 0 Å². The fraction of sp³-hybridized carbons (Fsp3) is 0.538. The number of fused-ring (bicyclic) bond motifs is 1. The Morgan fingerprint density at radius 1 is 1.38 bits per heavy atom. The first-order valence-electron chi connectivity index (χ1n) is 5.92. The van der Waals surface area contributed by atoms with E-state index in [1.54, 1.807) is 0 Å². The van der Waals surface area contributed by atoms with E-state index < -0.39 is 0 Å². The van der Waals surface area contributed by atoms with E-state index in [2.05, 4.69) is 24.3 Å². The third-order valence-electron chi connectivity index (χ3n) is 3.61. The van der Waals surface area contributed by atoms with Gasteiger partial charge in [-0.15, -0.1) is 11.8 Å². The minimum absolute atomic E-state index is 0.278. The molecule has 3 heteroatoms. The van der Waals surface area contributed by atoms with Gasteiger partial charge in [0.15, 0.2) is 0 Å². The van der Waals surface area contributed by atoms with Gasteiger partial charge in [0, 0.05) is 28.7 Å². The zero-order valence-electron chi connectivity index (χ0n) is 9.26. The topological polar surface area (TPSA) is 35.2 Å². The van der Waals surface area contributed by atoms with Crippen molar-refractivity contribution >= 4 is 11.8 Å². The van der Waals surface area contributed by atoms with Crippen molar-refractivity contribution in [3.63, 3.8) is 0 Å². The molecule has 0 radical (unpaired) electrons. The summed E-state index contributed by atoms with van der Waals surface area (Å²) in [5.41, 5.74) is 7.83. The van der Waals surface area contributed by atoms with Crippen LogP contribution in [0.15, 0.2) is 29.2 Å². The van der Waals surface area contributed by atoms with Crippen molar-refractivity contribution in [2.45, 2.75) is 29.0 Å². The largest absolute Gasteiger partial charge is 0.381 e. The lowest BCUT2D eigenvalue weighted by molar-refractivity contribution is 0.180. The second-order valence-corrected chi connectivity index (χ2v) is 5.95. The molecule has 3 atom stereocenters. The molecule has 0 aliphatic carbocycles. The van der Waals surface area contributed by atoms with Gasteiger partial charge in [-0.05, 0) is 24.5 Å². The lowest BCUT2D eigenvalue weighted by Gasteiger charge is -2.23. The summed E-state index contributed by atoms with van der Waals surface area (Å²) in [4.78, 5) is 1.42. The molecule has 1 fully saturated rings. The molecule has 1 aromatic rings. The highest BCUT2D eigenvalue weighted by molar-refractivity contribution is 8.00. The Kier molecular flexibility index (Phi) is 2.92.